The molecule has 0 atom stereocenters. The number of methoxy groups -OCH3 is 1. The average Bonchev–Trinajstić information content (AvgIpc) is 3.23. The van der Waals surface area contributed by atoms with Crippen LogP contribution in [-0.4, -0.2) is 19.2 Å². The summed E-state index contributed by atoms with van der Waals surface area (Å²) in [6.45, 7) is 0.410. The maximum atomic E-state index is 12.3. The van der Waals surface area contributed by atoms with Crippen LogP contribution < -0.4 is 14.9 Å². The topological polar surface area (TPSA) is 73.1 Å². The van der Waals surface area contributed by atoms with E-state index in [1.807, 2.05) is 48.5 Å². The second-order valence-corrected chi connectivity index (χ2v) is 8.90. The molecule has 162 valence electrons. The van der Waals surface area contributed by atoms with Gasteiger partial charge in [-0.3, -0.25) is 4.79 Å². The predicted octanol–water partition coefficient (Wildman–Crippen LogP) is 6.15. The van der Waals surface area contributed by atoms with Crippen molar-refractivity contribution >= 4 is 61.6 Å². The summed E-state index contributed by atoms with van der Waals surface area (Å²) in [4.78, 5) is 12.3. The Balaban J connectivity index is 1.44. The van der Waals surface area contributed by atoms with E-state index in [-0.39, 0.29) is 5.76 Å². The van der Waals surface area contributed by atoms with Gasteiger partial charge in [0.05, 0.1) is 17.8 Å². The van der Waals surface area contributed by atoms with Gasteiger partial charge in [-0.25, -0.2) is 5.43 Å². The van der Waals surface area contributed by atoms with Gasteiger partial charge in [-0.05, 0) is 86.0 Å². The van der Waals surface area contributed by atoms with Gasteiger partial charge < -0.3 is 13.9 Å². The molecule has 1 heterocycles. The number of hydrogen-bond donors (Lipinski definition) is 1. The number of carbonyl (C=O) groups is 1. The van der Waals surface area contributed by atoms with Gasteiger partial charge in [0.1, 0.15) is 12.2 Å². The van der Waals surface area contributed by atoms with E-state index in [1.54, 1.807) is 25.3 Å². The first-order valence-electron chi connectivity index (χ1n) is 9.60. The molecule has 0 fully saturated rings. The minimum atomic E-state index is -0.430. The third-order valence-corrected chi connectivity index (χ3v) is 5.89. The van der Waals surface area contributed by atoms with Crippen molar-refractivity contribution in [2.45, 2.75) is 6.61 Å². The number of nitrogens with one attached hydrogen (secondary N) is 1. The fraction of sp³-hybridized carbons (Fsp3) is 0.0833. The fourth-order valence-electron chi connectivity index (χ4n) is 3.00. The number of nitrogens with zero attached hydrogens (tertiary/aromatic N) is 1. The van der Waals surface area contributed by atoms with Gasteiger partial charge in [-0.15, -0.1) is 0 Å². The number of halogens is 2. The van der Waals surface area contributed by atoms with E-state index in [0.29, 0.717) is 28.2 Å². The summed E-state index contributed by atoms with van der Waals surface area (Å²) < 4.78 is 18.9. The number of carbonyl (C=O) groups excluding carboxylic acids is 1. The molecule has 6 nitrogen and oxygen atoms in total. The van der Waals surface area contributed by atoms with Crippen molar-refractivity contribution in [2.75, 3.05) is 7.11 Å². The number of amides is 1. The van der Waals surface area contributed by atoms with E-state index in [0.717, 1.165) is 16.5 Å². The number of rotatable bonds is 7. The molecule has 0 aliphatic heterocycles. The van der Waals surface area contributed by atoms with Crippen molar-refractivity contribution in [3.8, 4) is 11.5 Å². The lowest BCUT2D eigenvalue weighted by molar-refractivity contribution is 0.0929. The Labute approximate surface area is 206 Å². The SMILES string of the molecule is COc1cc(/C=N/NC(=O)c2cc3ccccc3o2)cc(Br)c1OCc1ccc(I)cc1. The largest absolute Gasteiger partial charge is 0.493 e. The van der Waals surface area contributed by atoms with Gasteiger partial charge in [0.15, 0.2) is 17.3 Å². The van der Waals surface area contributed by atoms with Gasteiger partial charge >= 0.3 is 5.91 Å². The third-order valence-electron chi connectivity index (χ3n) is 4.58. The first kappa shape index (κ1) is 22.3. The normalized spacial score (nSPS) is 11.1. The van der Waals surface area contributed by atoms with E-state index < -0.39 is 5.91 Å². The van der Waals surface area contributed by atoms with Crippen molar-refractivity contribution in [3.05, 3.63) is 91.7 Å². The highest BCUT2D eigenvalue weighted by atomic mass is 127. The molecular weight excluding hydrogens is 587 g/mol. The van der Waals surface area contributed by atoms with E-state index >= 15 is 0 Å². The second kappa shape index (κ2) is 10.2. The number of para-hydroxylation sites is 1. The summed E-state index contributed by atoms with van der Waals surface area (Å²) in [6, 6.07) is 20.8. The average molecular weight is 605 g/mol. The highest BCUT2D eigenvalue weighted by Crippen LogP contribution is 2.37. The zero-order valence-corrected chi connectivity index (χ0v) is 20.7. The number of hydrogen-bond acceptors (Lipinski definition) is 5. The molecule has 4 rings (SSSR count). The van der Waals surface area contributed by atoms with Crippen molar-refractivity contribution in [1.29, 1.82) is 0 Å². The Morgan fingerprint density at radius 3 is 2.69 bits per heavy atom. The maximum Gasteiger partial charge on any atom is 0.307 e. The van der Waals surface area contributed by atoms with E-state index in [4.69, 9.17) is 13.9 Å². The zero-order valence-electron chi connectivity index (χ0n) is 17.0. The molecule has 32 heavy (non-hydrogen) atoms. The summed E-state index contributed by atoms with van der Waals surface area (Å²) in [7, 11) is 1.57. The maximum absolute atomic E-state index is 12.3. The van der Waals surface area contributed by atoms with Gasteiger partial charge in [0, 0.05) is 8.96 Å². The van der Waals surface area contributed by atoms with Crippen molar-refractivity contribution in [1.82, 2.24) is 5.43 Å². The Hall–Kier alpha value is -2.85. The molecular formula is C24H18BrIN2O4. The molecule has 1 aromatic heterocycles. The predicted molar refractivity (Wildman–Crippen MR) is 135 cm³/mol. The lowest BCUT2D eigenvalue weighted by Gasteiger charge is -2.13. The van der Waals surface area contributed by atoms with Gasteiger partial charge in [-0.2, -0.15) is 5.10 Å². The smallest absolute Gasteiger partial charge is 0.307 e. The van der Waals surface area contributed by atoms with E-state index in [2.05, 4.69) is 49.0 Å². The first-order valence-corrected chi connectivity index (χ1v) is 11.5. The first-order chi connectivity index (χ1) is 15.5. The van der Waals surface area contributed by atoms with Crippen LogP contribution in [0.4, 0.5) is 0 Å². The van der Waals surface area contributed by atoms with Crippen molar-refractivity contribution < 1.29 is 18.7 Å². The molecule has 0 aliphatic carbocycles. The second-order valence-electron chi connectivity index (χ2n) is 6.80. The van der Waals surface area contributed by atoms with Crippen molar-refractivity contribution in [2.24, 2.45) is 5.10 Å². The molecule has 0 unspecified atom stereocenters. The number of ether oxygens (including phenoxy) is 2. The van der Waals surface area contributed by atoms with Gasteiger partial charge in [-0.1, -0.05) is 30.3 Å². The quantitative estimate of drug-likeness (QED) is 0.156. The number of benzene rings is 3. The molecule has 0 saturated heterocycles. The van der Waals surface area contributed by atoms with E-state index in [9.17, 15) is 4.79 Å². The molecule has 1 amide bonds. The summed E-state index contributed by atoms with van der Waals surface area (Å²) in [5, 5.41) is 4.89. The van der Waals surface area contributed by atoms with E-state index in [1.165, 1.54) is 9.78 Å². The Morgan fingerprint density at radius 2 is 1.94 bits per heavy atom. The molecule has 4 aromatic rings. The minimum Gasteiger partial charge on any atom is -0.493 e. The van der Waals surface area contributed by atoms with Crippen LogP contribution in [-0.2, 0) is 6.61 Å². The molecule has 0 spiro atoms. The van der Waals surface area contributed by atoms with Crippen LogP contribution in [0.2, 0.25) is 0 Å². The third kappa shape index (κ3) is 5.31. The van der Waals surface area contributed by atoms with Gasteiger partial charge in [0.25, 0.3) is 0 Å². The number of fused-ring (bicyclic) bond motifs is 1. The number of furan rings is 1. The summed E-state index contributed by atoms with van der Waals surface area (Å²) in [5.41, 5.74) is 4.91. The molecule has 8 heteroatoms. The standard InChI is InChI=1S/C24H18BrIN2O4/c1-30-21-11-16(10-19(25)23(21)31-14-15-6-8-18(26)9-7-15)13-27-28-24(29)22-12-17-4-2-3-5-20(17)32-22/h2-13H,14H2,1H3,(H,28,29)/b27-13+. The van der Waals surface area contributed by atoms with Crippen LogP contribution in [0.1, 0.15) is 21.7 Å². The Kier molecular flexibility index (Phi) is 7.11. The minimum absolute atomic E-state index is 0.196. The lowest BCUT2D eigenvalue weighted by Crippen LogP contribution is -2.16. The molecule has 3 aromatic carbocycles. The van der Waals surface area contributed by atoms with Crippen LogP contribution in [0, 0.1) is 3.57 Å². The zero-order chi connectivity index (χ0) is 22.5. The molecule has 1 N–H and O–H groups in total. The Morgan fingerprint density at radius 1 is 1.16 bits per heavy atom. The van der Waals surface area contributed by atoms with Crippen LogP contribution in [0.3, 0.4) is 0 Å². The molecule has 0 aliphatic rings. The molecule has 0 saturated carbocycles. The summed E-state index contributed by atoms with van der Waals surface area (Å²) in [6.07, 6.45) is 1.52. The van der Waals surface area contributed by atoms with Crippen LogP contribution in [0.15, 0.2) is 80.7 Å². The summed E-state index contributed by atoms with van der Waals surface area (Å²) >= 11 is 5.80. The fourth-order valence-corrected chi connectivity index (χ4v) is 3.94. The number of hydrazone groups is 1. The molecule has 0 radical (unpaired) electrons. The van der Waals surface area contributed by atoms with Crippen molar-refractivity contribution in [3.63, 3.8) is 0 Å². The summed E-state index contributed by atoms with van der Waals surface area (Å²) in [5.74, 6) is 0.909. The highest BCUT2D eigenvalue weighted by molar-refractivity contribution is 14.1. The monoisotopic (exact) mass is 604 g/mol. The van der Waals surface area contributed by atoms with Crippen LogP contribution in [0.25, 0.3) is 11.0 Å². The van der Waals surface area contributed by atoms with Crippen LogP contribution >= 0.6 is 38.5 Å². The van der Waals surface area contributed by atoms with Crippen LogP contribution in [0.5, 0.6) is 11.5 Å². The van der Waals surface area contributed by atoms with Gasteiger partial charge in [0.2, 0.25) is 0 Å². The highest BCUT2D eigenvalue weighted by Gasteiger charge is 2.13. The Bertz CT molecular complexity index is 1250. The molecule has 0 bridgehead atoms. The lowest BCUT2D eigenvalue weighted by atomic mass is 10.2.